The van der Waals surface area contributed by atoms with Crippen LogP contribution in [0.3, 0.4) is 0 Å². The molecule has 2 fully saturated rings. The first-order valence-electron chi connectivity index (χ1n) is 7.55. The van der Waals surface area contributed by atoms with Crippen LogP contribution < -0.4 is 0 Å². The fraction of sp³-hybridized carbons (Fsp3) is 0.625. The lowest BCUT2D eigenvalue weighted by Gasteiger charge is -2.38. The third-order valence-electron chi connectivity index (χ3n) is 4.71. The van der Waals surface area contributed by atoms with Crippen LogP contribution in [0.1, 0.15) is 54.4 Å². The normalized spacial score (nSPS) is 27.1. The number of ketones is 1. The molecule has 1 aliphatic heterocycles. The fourth-order valence-corrected chi connectivity index (χ4v) is 4.43. The Kier molecular flexibility index (Phi) is 3.92. The van der Waals surface area contributed by atoms with Crippen LogP contribution in [-0.2, 0) is 4.79 Å². The molecule has 0 radical (unpaired) electrons. The molecule has 0 bridgehead atoms. The third-order valence-corrected chi connectivity index (χ3v) is 5.57. The molecule has 20 heavy (non-hydrogen) atoms. The Hall–Kier alpha value is -1.16. The topological polar surface area (TPSA) is 37.4 Å². The highest BCUT2D eigenvalue weighted by molar-refractivity contribution is 7.08. The molecule has 2 heterocycles. The van der Waals surface area contributed by atoms with E-state index in [-0.39, 0.29) is 17.9 Å². The molecule has 3 nitrogen and oxygen atoms in total. The van der Waals surface area contributed by atoms with Gasteiger partial charge in [-0.15, -0.1) is 0 Å². The molecule has 1 saturated carbocycles. The van der Waals surface area contributed by atoms with Gasteiger partial charge in [-0.2, -0.15) is 11.3 Å². The van der Waals surface area contributed by atoms with Crippen molar-refractivity contribution >= 4 is 23.0 Å². The van der Waals surface area contributed by atoms with Crippen molar-refractivity contribution in [3.05, 3.63) is 21.9 Å². The summed E-state index contributed by atoms with van der Waals surface area (Å²) < 4.78 is 0. The Morgan fingerprint density at radius 3 is 2.75 bits per heavy atom. The Bertz CT molecular complexity index is 522. The second-order valence-electron chi connectivity index (χ2n) is 6.00. The summed E-state index contributed by atoms with van der Waals surface area (Å²) in [5.74, 6) is 0.600. The van der Waals surface area contributed by atoms with Crippen LogP contribution in [0.2, 0.25) is 0 Å². The second kappa shape index (κ2) is 5.68. The lowest BCUT2D eigenvalue weighted by Crippen LogP contribution is -2.48. The average Bonchev–Trinajstić information content (AvgIpc) is 3.06. The molecule has 1 aromatic rings. The quantitative estimate of drug-likeness (QED) is 0.837. The number of piperidine rings is 1. The Labute approximate surface area is 124 Å². The number of carbonyl (C=O) groups excluding carboxylic acids is 2. The van der Waals surface area contributed by atoms with Gasteiger partial charge in [-0.1, -0.05) is 0 Å². The summed E-state index contributed by atoms with van der Waals surface area (Å²) in [6, 6.07) is 0.144. The molecule has 2 atom stereocenters. The van der Waals surface area contributed by atoms with Crippen LogP contribution in [0, 0.1) is 12.8 Å². The monoisotopic (exact) mass is 291 g/mol. The van der Waals surface area contributed by atoms with Gasteiger partial charge in [0.25, 0.3) is 5.91 Å². The molecular formula is C16H21NO2S. The Morgan fingerprint density at radius 2 is 2.10 bits per heavy atom. The zero-order valence-electron chi connectivity index (χ0n) is 11.9. The molecule has 0 aromatic carbocycles. The highest BCUT2D eigenvalue weighted by Gasteiger charge is 2.39. The summed E-state index contributed by atoms with van der Waals surface area (Å²) in [5, 5.41) is 3.96. The molecule has 1 aromatic heterocycles. The maximum Gasteiger partial charge on any atom is 0.255 e. The van der Waals surface area contributed by atoms with E-state index in [2.05, 4.69) is 0 Å². The van der Waals surface area contributed by atoms with Crippen LogP contribution in [0.4, 0.5) is 0 Å². The van der Waals surface area contributed by atoms with Crippen molar-refractivity contribution < 1.29 is 9.59 Å². The van der Waals surface area contributed by atoms with E-state index < -0.39 is 0 Å². The van der Waals surface area contributed by atoms with Crippen molar-refractivity contribution in [3.63, 3.8) is 0 Å². The predicted octanol–water partition coefficient (Wildman–Crippen LogP) is 3.42. The van der Waals surface area contributed by atoms with E-state index >= 15 is 0 Å². The van der Waals surface area contributed by atoms with E-state index in [0.717, 1.165) is 49.8 Å². The minimum Gasteiger partial charge on any atom is -0.335 e. The number of thiophene rings is 1. The van der Waals surface area contributed by atoms with Crippen LogP contribution >= 0.6 is 11.3 Å². The average molecular weight is 291 g/mol. The Balaban J connectivity index is 1.84. The molecule has 3 rings (SSSR count). The SMILES string of the molecule is Cc1cscc1C(=O)N1CCCCC1C1CCCC1=O. The van der Waals surface area contributed by atoms with Gasteiger partial charge < -0.3 is 4.90 Å². The molecule has 1 amide bonds. The van der Waals surface area contributed by atoms with Crippen molar-refractivity contribution in [1.82, 2.24) is 4.90 Å². The fourth-order valence-electron chi connectivity index (χ4n) is 3.61. The van der Waals surface area contributed by atoms with Crippen molar-refractivity contribution in [1.29, 1.82) is 0 Å². The van der Waals surface area contributed by atoms with Crippen molar-refractivity contribution in [3.8, 4) is 0 Å². The third kappa shape index (κ3) is 2.41. The van der Waals surface area contributed by atoms with E-state index in [4.69, 9.17) is 0 Å². The number of carbonyl (C=O) groups is 2. The smallest absolute Gasteiger partial charge is 0.255 e. The summed E-state index contributed by atoms with van der Waals surface area (Å²) in [6.45, 7) is 2.80. The van der Waals surface area contributed by atoms with Gasteiger partial charge in [0.1, 0.15) is 5.78 Å². The molecule has 2 unspecified atom stereocenters. The lowest BCUT2D eigenvalue weighted by molar-refractivity contribution is -0.122. The van der Waals surface area contributed by atoms with E-state index in [1.165, 1.54) is 0 Å². The molecule has 0 N–H and O–H groups in total. The van der Waals surface area contributed by atoms with Crippen LogP contribution in [0.15, 0.2) is 10.8 Å². The zero-order valence-corrected chi connectivity index (χ0v) is 12.7. The summed E-state index contributed by atoms with van der Waals surface area (Å²) in [6.07, 6.45) is 5.87. The van der Waals surface area contributed by atoms with Crippen LogP contribution in [0.5, 0.6) is 0 Å². The number of hydrogen-bond donors (Lipinski definition) is 0. The Morgan fingerprint density at radius 1 is 1.25 bits per heavy atom. The van der Waals surface area contributed by atoms with Gasteiger partial charge in [-0.3, -0.25) is 9.59 Å². The molecule has 1 aliphatic carbocycles. The minimum atomic E-state index is 0.0955. The summed E-state index contributed by atoms with van der Waals surface area (Å²) in [7, 11) is 0. The largest absolute Gasteiger partial charge is 0.335 e. The van der Waals surface area contributed by atoms with Gasteiger partial charge >= 0.3 is 0 Å². The summed E-state index contributed by atoms with van der Waals surface area (Å²) >= 11 is 1.58. The number of likely N-dealkylation sites (tertiary alicyclic amines) is 1. The van der Waals surface area contributed by atoms with Gasteiger partial charge in [0.05, 0.1) is 5.56 Å². The second-order valence-corrected chi connectivity index (χ2v) is 6.74. The maximum absolute atomic E-state index is 12.8. The number of aryl methyl sites for hydroxylation is 1. The molecule has 4 heteroatoms. The number of Topliss-reactive ketones (excluding diaryl/α,β-unsaturated/α-hetero) is 1. The van der Waals surface area contributed by atoms with E-state index in [0.29, 0.717) is 12.2 Å². The number of amides is 1. The predicted molar refractivity (Wildman–Crippen MR) is 80.1 cm³/mol. The number of nitrogens with zero attached hydrogens (tertiary/aromatic N) is 1. The van der Waals surface area contributed by atoms with E-state index in [9.17, 15) is 9.59 Å². The van der Waals surface area contributed by atoms with Gasteiger partial charge in [-0.05, 0) is 50.0 Å². The van der Waals surface area contributed by atoms with Crippen molar-refractivity contribution in [2.24, 2.45) is 5.92 Å². The van der Waals surface area contributed by atoms with Crippen molar-refractivity contribution in [2.75, 3.05) is 6.54 Å². The lowest BCUT2D eigenvalue weighted by atomic mass is 9.88. The van der Waals surface area contributed by atoms with Crippen LogP contribution in [0.25, 0.3) is 0 Å². The van der Waals surface area contributed by atoms with Gasteiger partial charge in [-0.25, -0.2) is 0 Å². The summed E-state index contributed by atoms with van der Waals surface area (Å²) in [5.41, 5.74) is 1.88. The molecule has 2 aliphatic rings. The van der Waals surface area contributed by atoms with E-state index in [1.807, 2.05) is 22.6 Å². The van der Waals surface area contributed by atoms with Gasteiger partial charge in [0.15, 0.2) is 0 Å². The zero-order chi connectivity index (χ0) is 14.1. The molecule has 108 valence electrons. The van der Waals surface area contributed by atoms with Crippen molar-refractivity contribution in [2.45, 2.75) is 51.5 Å². The molecular weight excluding hydrogens is 270 g/mol. The highest BCUT2D eigenvalue weighted by atomic mass is 32.1. The molecule has 1 saturated heterocycles. The summed E-state index contributed by atoms with van der Waals surface area (Å²) in [4.78, 5) is 26.8. The first-order chi connectivity index (χ1) is 9.68. The standard InChI is InChI=1S/C16H21NO2S/c1-11-9-20-10-13(11)16(19)17-8-3-2-6-14(17)12-5-4-7-15(12)18/h9-10,12,14H,2-8H2,1H3. The minimum absolute atomic E-state index is 0.0955. The first kappa shape index (κ1) is 13.8. The maximum atomic E-state index is 12.8. The number of rotatable bonds is 2. The first-order valence-corrected chi connectivity index (χ1v) is 8.49. The van der Waals surface area contributed by atoms with Crippen LogP contribution in [-0.4, -0.2) is 29.2 Å². The van der Waals surface area contributed by atoms with Gasteiger partial charge in [0.2, 0.25) is 0 Å². The highest BCUT2D eigenvalue weighted by Crippen LogP contribution is 2.33. The van der Waals surface area contributed by atoms with Gasteiger partial charge in [0, 0.05) is 30.3 Å². The van der Waals surface area contributed by atoms with E-state index in [1.54, 1.807) is 11.3 Å². The number of hydrogen-bond acceptors (Lipinski definition) is 3. The molecule has 0 spiro atoms.